The highest BCUT2D eigenvalue weighted by Gasteiger charge is 2.26. The molecule has 0 aliphatic carbocycles. The number of carbonyl (C=O) groups is 1. The van der Waals surface area contributed by atoms with Gasteiger partial charge in [0.25, 0.3) is 0 Å². The van der Waals surface area contributed by atoms with Crippen molar-refractivity contribution in [1.82, 2.24) is 0 Å². The van der Waals surface area contributed by atoms with Crippen LogP contribution in [0, 0.1) is 5.82 Å². The van der Waals surface area contributed by atoms with E-state index >= 15 is 0 Å². The lowest BCUT2D eigenvalue weighted by atomic mass is 10.1. The molecule has 0 N–H and O–H groups in total. The van der Waals surface area contributed by atoms with Crippen LogP contribution in [0.1, 0.15) is 23.2 Å². The van der Waals surface area contributed by atoms with Crippen LogP contribution in [0.4, 0.5) is 4.39 Å². The Hall–Kier alpha value is -0.350. The van der Waals surface area contributed by atoms with E-state index in [4.69, 9.17) is 0 Å². The molecule has 80 valence electrons. The molecule has 0 radical (unpaired) electrons. The first kappa shape index (κ1) is 11.1. The van der Waals surface area contributed by atoms with Crippen LogP contribution in [0.3, 0.4) is 0 Å². The van der Waals surface area contributed by atoms with Gasteiger partial charge in [0.15, 0.2) is 5.78 Å². The monoisotopic (exact) mass is 288 g/mol. The van der Waals surface area contributed by atoms with Crippen LogP contribution in [0.2, 0.25) is 0 Å². The molecule has 1 atom stereocenters. The molecule has 0 aromatic heterocycles. The van der Waals surface area contributed by atoms with Gasteiger partial charge in [-0.2, -0.15) is 11.8 Å². The predicted molar refractivity (Wildman–Crippen MR) is 63.9 cm³/mol. The molecule has 1 heterocycles. The van der Waals surface area contributed by atoms with Crippen LogP contribution in [0.15, 0.2) is 22.7 Å². The number of thioether (sulfide) groups is 1. The SMILES string of the molecule is O=C(c1cc(Br)ccc1F)C1CCCS1. The Morgan fingerprint density at radius 3 is 3.00 bits per heavy atom. The van der Waals surface area contributed by atoms with Gasteiger partial charge in [0, 0.05) is 4.47 Å². The highest BCUT2D eigenvalue weighted by Crippen LogP contribution is 2.30. The number of carbonyl (C=O) groups excluding carboxylic acids is 1. The van der Waals surface area contributed by atoms with Crippen molar-refractivity contribution in [2.24, 2.45) is 0 Å². The summed E-state index contributed by atoms with van der Waals surface area (Å²) in [7, 11) is 0. The molecule has 1 aromatic rings. The van der Waals surface area contributed by atoms with Gasteiger partial charge in [-0.1, -0.05) is 15.9 Å². The van der Waals surface area contributed by atoms with Crippen molar-refractivity contribution in [1.29, 1.82) is 0 Å². The molecule has 1 nitrogen and oxygen atoms in total. The molecule has 0 bridgehead atoms. The third kappa shape index (κ3) is 2.42. The van der Waals surface area contributed by atoms with E-state index in [0.29, 0.717) is 0 Å². The second-order valence-corrected chi connectivity index (χ2v) is 5.72. The minimum atomic E-state index is -0.421. The topological polar surface area (TPSA) is 17.1 Å². The summed E-state index contributed by atoms with van der Waals surface area (Å²) in [5.74, 6) is 0.512. The zero-order chi connectivity index (χ0) is 10.8. The van der Waals surface area contributed by atoms with E-state index in [1.165, 1.54) is 6.07 Å². The zero-order valence-corrected chi connectivity index (χ0v) is 10.4. The molecule has 1 aromatic carbocycles. The molecule has 1 unspecified atom stereocenters. The fourth-order valence-corrected chi connectivity index (χ4v) is 3.23. The van der Waals surface area contributed by atoms with Crippen molar-refractivity contribution in [2.75, 3.05) is 5.75 Å². The Balaban J connectivity index is 2.27. The summed E-state index contributed by atoms with van der Waals surface area (Å²) < 4.78 is 14.2. The number of hydrogen-bond donors (Lipinski definition) is 0. The normalized spacial score (nSPS) is 20.5. The van der Waals surface area contributed by atoms with E-state index in [1.807, 2.05) is 0 Å². The van der Waals surface area contributed by atoms with Crippen LogP contribution in [0.25, 0.3) is 0 Å². The van der Waals surface area contributed by atoms with Gasteiger partial charge in [-0.15, -0.1) is 0 Å². The predicted octanol–water partition coefficient (Wildman–Crippen LogP) is 3.67. The Morgan fingerprint density at radius 2 is 2.33 bits per heavy atom. The maximum Gasteiger partial charge on any atom is 0.178 e. The van der Waals surface area contributed by atoms with E-state index in [-0.39, 0.29) is 16.6 Å². The van der Waals surface area contributed by atoms with Crippen molar-refractivity contribution in [3.63, 3.8) is 0 Å². The van der Waals surface area contributed by atoms with Gasteiger partial charge in [-0.25, -0.2) is 4.39 Å². The summed E-state index contributed by atoms with van der Waals surface area (Å²) in [6, 6.07) is 4.50. The molecule has 15 heavy (non-hydrogen) atoms. The van der Waals surface area contributed by atoms with Gasteiger partial charge < -0.3 is 0 Å². The molecule has 1 fully saturated rings. The van der Waals surface area contributed by atoms with Crippen molar-refractivity contribution in [3.8, 4) is 0 Å². The second-order valence-electron chi connectivity index (χ2n) is 3.49. The standard InChI is InChI=1S/C11H10BrFOS/c12-7-3-4-9(13)8(6-7)11(14)10-2-1-5-15-10/h3-4,6,10H,1-2,5H2. The number of halogens is 2. The molecule has 0 saturated carbocycles. The van der Waals surface area contributed by atoms with E-state index in [0.717, 1.165) is 23.1 Å². The molecular formula is C11H10BrFOS. The lowest BCUT2D eigenvalue weighted by Crippen LogP contribution is -2.15. The highest BCUT2D eigenvalue weighted by molar-refractivity contribution is 9.10. The molecular weight excluding hydrogens is 279 g/mol. The largest absolute Gasteiger partial charge is 0.293 e. The van der Waals surface area contributed by atoms with E-state index in [9.17, 15) is 9.18 Å². The van der Waals surface area contributed by atoms with Gasteiger partial charge in [0.05, 0.1) is 10.8 Å². The third-order valence-corrected chi connectivity index (χ3v) is 4.29. The van der Waals surface area contributed by atoms with Crippen LogP contribution in [-0.2, 0) is 0 Å². The molecule has 0 spiro atoms. The maximum absolute atomic E-state index is 13.4. The quantitative estimate of drug-likeness (QED) is 0.773. The van der Waals surface area contributed by atoms with Crippen LogP contribution in [-0.4, -0.2) is 16.8 Å². The second kappa shape index (κ2) is 4.66. The number of Topliss-reactive ketones (excluding diaryl/α,β-unsaturated/α-hetero) is 1. The average molecular weight is 289 g/mol. The molecule has 0 amide bonds. The molecule has 1 aliphatic heterocycles. The Labute approximate surface area is 101 Å². The zero-order valence-electron chi connectivity index (χ0n) is 8.00. The summed E-state index contributed by atoms with van der Waals surface area (Å²) in [6.07, 6.45) is 1.92. The highest BCUT2D eigenvalue weighted by atomic mass is 79.9. The number of rotatable bonds is 2. The summed E-state index contributed by atoms with van der Waals surface area (Å²) >= 11 is 4.88. The lowest BCUT2D eigenvalue weighted by Gasteiger charge is -2.08. The first-order chi connectivity index (χ1) is 7.18. The number of ketones is 1. The average Bonchev–Trinajstić information content (AvgIpc) is 2.74. The van der Waals surface area contributed by atoms with Gasteiger partial charge in [-0.05, 0) is 36.8 Å². The number of hydrogen-bond acceptors (Lipinski definition) is 2. The van der Waals surface area contributed by atoms with E-state index in [1.54, 1.807) is 23.9 Å². The van der Waals surface area contributed by atoms with Gasteiger partial charge in [0.2, 0.25) is 0 Å². The van der Waals surface area contributed by atoms with Crippen LogP contribution < -0.4 is 0 Å². The Kier molecular flexibility index (Phi) is 3.46. The summed E-state index contributed by atoms with van der Waals surface area (Å²) in [5.41, 5.74) is 0.212. The summed E-state index contributed by atoms with van der Waals surface area (Å²) in [5, 5.41) is -0.0474. The summed E-state index contributed by atoms with van der Waals surface area (Å²) in [4.78, 5) is 11.9. The minimum Gasteiger partial charge on any atom is -0.293 e. The maximum atomic E-state index is 13.4. The number of benzene rings is 1. The molecule has 1 aliphatic rings. The fourth-order valence-electron chi connectivity index (χ4n) is 1.64. The van der Waals surface area contributed by atoms with Crippen LogP contribution >= 0.6 is 27.7 Å². The van der Waals surface area contributed by atoms with Gasteiger partial charge in [-0.3, -0.25) is 4.79 Å². The van der Waals surface area contributed by atoms with Crippen LogP contribution in [0.5, 0.6) is 0 Å². The third-order valence-electron chi connectivity index (χ3n) is 2.42. The molecule has 2 rings (SSSR count). The smallest absolute Gasteiger partial charge is 0.178 e. The van der Waals surface area contributed by atoms with Crippen molar-refractivity contribution >= 4 is 33.5 Å². The first-order valence-corrected chi connectivity index (χ1v) is 6.63. The van der Waals surface area contributed by atoms with Crippen molar-refractivity contribution in [2.45, 2.75) is 18.1 Å². The molecule has 4 heteroatoms. The fraction of sp³-hybridized carbons (Fsp3) is 0.364. The van der Waals surface area contributed by atoms with E-state index < -0.39 is 5.82 Å². The lowest BCUT2D eigenvalue weighted by molar-refractivity contribution is 0.0984. The Morgan fingerprint density at radius 1 is 1.53 bits per heavy atom. The Bertz CT molecular complexity index is 388. The van der Waals surface area contributed by atoms with Crippen molar-refractivity contribution < 1.29 is 9.18 Å². The summed E-state index contributed by atoms with van der Waals surface area (Å²) in [6.45, 7) is 0. The van der Waals surface area contributed by atoms with Gasteiger partial charge in [0.1, 0.15) is 5.82 Å². The van der Waals surface area contributed by atoms with Crippen molar-refractivity contribution in [3.05, 3.63) is 34.1 Å². The molecule has 1 saturated heterocycles. The minimum absolute atomic E-state index is 0.0474. The first-order valence-electron chi connectivity index (χ1n) is 4.79. The van der Waals surface area contributed by atoms with Gasteiger partial charge >= 0.3 is 0 Å². The van der Waals surface area contributed by atoms with E-state index in [2.05, 4.69) is 15.9 Å².